The fourth-order valence-electron chi connectivity index (χ4n) is 4.96. The predicted octanol–water partition coefficient (Wildman–Crippen LogP) is 4.98. The average Bonchev–Trinajstić information content (AvgIpc) is 3.48. The minimum absolute atomic E-state index is 0.0178. The molecule has 2 N–H and O–H groups in total. The number of likely N-dealkylation sites (tertiary alicyclic amines) is 1. The molecule has 2 aliphatic rings. The van der Waals surface area contributed by atoms with Crippen LogP contribution in [0.3, 0.4) is 0 Å². The highest BCUT2D eigenvalue weighted by Crippen LogP contribution is 2.42. The first-order valence-electron chi connectivity index (χ1n) is 11.0. The molecular formula is C24H30BrN3O3. The number of rotatable bonds is 5. The van der Waals surface area contributed by atoms with Crippen molar-refractivity contribution in [1.29, 1.82) is 0 Å². The molecule has 31 heavy (non-hydrogen) atoms. The van der Waals surface area contributed by atoms with Crippen LogP contribution >= 0.6 is 15.9 Å². The summed E-state index contributed by atoms with van der Waals surface area (Å²) in [4.78, 5) is 31.0. The highest BCUT2D eigenvalue weighted by atomic mass is 79.9. The Morgan fingerprint density at radius 2 is 1.87 bits per heavy atom. The maximum Gasteiger partial charge on any atom is 0.407 e. The first-order valence-corrected chi connectivity index (χ1v) is 11.8. The third-order valence-corrected chi connectivity index (χ3v) is 7.03. The van der Waals surface area contributed by atoms with Crippen LogP contribution < -0.4 is 5.32 Å². The lowest BCUT2D eigenvalue weighted by Crippen LogP contribution is -2.51. The summed E-state index contributed by atoms with van der Waals surface area (Å²) < 4.78 is 5.81. The number of carbonyl (C=O) groups is 2. The van der Waals surface area contributed by atoms with Crippen molar-refractivity contribution in [3.63, 3.8) is 0 Å². The van der Waals surface area contributed by atoms with Gasteiger partial charge in [0.25, 0.3) is 0 Å². The number of benzene rings is 1. The van der Waals surface area contributed by atoms with Gasteiger partial charge in [-0.05, 0) is 66.8 Å². The molecule has 1 aliphatic heterocycles. The summed E-state index contributed by atoms with van der Waals surface area (Å²) in [5.41, 5.74) is 6.31. The van der Waals surface area contributed by atoms with Gasteiger partial charge >= 0.3 is 6.09 Å². The molecule has 0 radical (unpaired) electrons. The first-order chi connectivity index (χ1) is 14.9. The van der Waals surface area contributed by atoms with Crippen LogP contribution in [0.4, 0.5) is 4.79 Å². The standard InChI is InChI=1S/C24H30BrN3O3/c1-14(2)20(27-24(30)31-3)23(29)28-13-5-8-19(28)22-18-7-4-6-17(18)21(26-22)15-9-11-16(25)12-10-15/h9-12,14,19-20,26H,4-8,13H2,1-3H3,(H,27,30)/t19-,20?/m0/s1. The normalized spacial score (nSPS) is 18.9. The van der Waals surface area contributed by atoms with Gasteiger partial charge < -0.3 is 19.9 Å². The number of nitrogens with zero attached hydrogens (tertiary/aromatic N) is 1. The third-order valence-electron chi connectivity index (χ3n) is 6.50. The van der Waals surface area contributed by atoms with Crippen molar-refractivity contribution in [2.75, 3.05) is 13.7 Å². The Morgan fingerprint density at radius 1 is 1.16 bits per heavy atom. The number of carbonyl (C=O) groups excluding carboxylic acids is 2. The van der Waals surface area contributed by atoms with Crippen molar-refractivity contribution in [3.05, 3.63) is 45.6 Å². The van der Waals surface area contributed by atoms with Gasteiger partial charge in [-0.15, -0.1) is 0 Å². The molecule has 1 saturated heterocycles. The molecule has 1 unspecified atom stereocenters. The molecule has 7 heteroatoms. The Labute approximate surface area is 191 Å². The van der Waals surface area contributed by atoms with Crippen LogP contribution in [0.1, 0.15) is 56.0 Å². The van der Waals surface area contributed by atoms with E-state index in [1.165, 1.54) is 35.2 Å². The van der Waals surface area contributed by atoms with Crippen LogP contribution in [0.15, 0.2) is 28.7 Å². The molecule has 2 amide bonds. The molecule has 6 nitrogen and oxygen atoms in total. The number of halogens is 1. The van der Waals surface area contributed by atoms with Crippen molar-refractivity contribution in [1.82, 2.24) is 15.2 Å². The number of alkyl carbamates (subject to hydrolysis) is 1. The number of fused-ring (bicyclic) bond motifs is 1. The van der Waals surface area contributed by atoms with Crippen LogP contribution in [-0.4, -0.2) is 41.6 Å². The lowest BCUT2D eigenvalue weighted by atomic mass is 10.0. The quantitative estimate of drug-likeness (QED) is 0.624. The molecular weight excluding hydrogens is 458 g/mol. The Kier molecular flexibility index (Phi) is 6.42. The lowest BCUT2D eigenvalue weighted by Gasteiger charge is -2.31. The zero-order chi connectivity index (χ0) is 22.1. The molecule has 2 atom stereocenters. The van der Waals surface area contributed by atoms with Crippen LogP contribution in [-0.2, 0) is 22.4 Å². The number of hydrogen-bond acceptors (Lipinski definition) is 3. The van der Waals surface area contributed by atoms with E-state index < -0.39 is 12.1 Å². The van der Waals surface area contributed by atoms with E-state index in [0.29, 0.717) is 6.54 Å². The molecule has 1 aromatic carbocycles. The Hall–Kier alpha value is -2.28. The van der Waals surface area contributed by atoms with Crippen molar-refractivity contribution < 1.29 is 14.3 Å². The second-order valence-electron chi connectivity index (χ2n) is 8.78. The Balaban J connectivity index is 1.66. The van der Waals surface area contributed by atoms with Gasteiger partial charge in [-0.3, -0.25) is 4.79 Å². The topological polar surface area (TPSA) is 74.4 Å². The number of nitrogens with one attached hydrogen (secondary N) is 2. The van der Waals surface area contributed by atoms with Gasteiger partial charge in [0.05, 0.1) is 13.2 Å². The maximum absolute atomic E-state index is 13.5. The molecule has 0 bridgehead atoms. The summed E-state index contributed by atoms with van der Waals surface area (Å²) in [6.07, 6.45) is 4.58. The van der Waals surface area contributed by atoms with Crippen LogP contribution in [0.5, 0.6) is 0 Å². The molecule has 2 aromatic rings. The minimum Gasteiger partial charge on any atom is -0.453 e. The largest absolute Gasteiger partial charge is 0.453 e. The summed E-state index contributed by atoms with van der Waals surface area (Å²) in [5.74, 6) is -0.0602. The van der Waals surface area contributed by atoms with Crippen molar-refractivity contribution in [2.24, 2.45) is 5.92 Å². The number of hydrogen-bond donors (Lipinski definition) is 2. The van der Waals surface area contributed by atoms with Gasteiger partial charge in [-0.25, -0.2) is 4.79 Å². The smallest absolute Gasteiger partial charge is 0.407 e. The van der Waals surface area contributed by atoms with E-state index in [0.717, 1.165) is 36.6 Å². The molecule has 2 heterocycles. The fourth-order valence-corrected chi connectivity index (χ4v) is 5.22. The number of aromatic amines is 1. The second-order valence-corrected chi connectivity index (χ2v) is 9.69. The highest BCUT2D eigenvalue weighted by Gasteiger charge is 2.39. The van der Waals surface area contributed by atoms with Gasteiger partial charge in [0.15, 0.2) is 0 Å². The molecule has 0 spiro atoms. The zero-order valence-corrected chi connectivity index (χ0v) is 19.9. The number of amides is 2. The summed E-state index contributed by atoms with van der Waals surface area (Å²) >= 11 is 3.52. The van der Waals surface area contributed by atoms with Crippen LogP contribution in [0.2, 0.25) is 0 Å². The van der Waals surface area contributed by atoms with Gasteiger partial charge in [-0.2, -0.15) is 0 Å². The van der Waals surface area contributed by atoms with Crippen LogP contribution in [0.25, 0.3) is 11.3 Å². The van der Waals surface area contributed by atoms with Gasteiger partial charge in [0.2, 0.25) is 5.91 Å². The van der Waals surface area contributed by atoms with E-state index in [2.05, 4.69) is 50.5 Å². The van der Waals surface area contributed by atoms with Gasteiger partial charge in [0.1, 0.15) is 6.04 Å². The van der Waals surface area contributed by atoms with Gasteiger partial charge in [-0.1, -0.05) is 41.9 Å². The van der Waals surface area contributed by atoms with E-state index >= 15 is 0 Å². The number of H-pyrrole nitrogens is 1. The zero-order valence-electron chi connectivity index (χ0n) is 18.3. The summed E-state index contributed by atoms with van der Waals surface area (Å²) in [6.45, 7) is 4.60. The molecule has 1 fully saturated rings. The van der Waals surface area contributed by atoms with E-state index in [1.54, 1.807) is 0 Å². The van der Waals surface area contributed by atoms with Crippen molar-refractivity contribution in [3.8, 4) is 11.3 Å². The molecule has 0 saturated carbocycles. The van der Waals surface area contributed by atoms with Crippen LogP contribution in [0, 0.1) is 5.92 Å². The average molecular weight is 488 g/mol. The number of aromatic nitrogens is 1. The van der Waals surface area contributed by atoms with E-state index in [4.69, 9.17) is 4.74 Å². The molecule has 1 aliphatic carbocycles. The SMILES string of the molecule is COC(=O)NC(C(=O)N1CCC[C@H]1c1[nH]c(-c2ccc(Br)cc2)c2c1CCC2)C(C)C. The minimum atomic E-state index is -0.595. The highest BCUT2D eigenvalue weighted by molar-refractivity contribution is 9.10. The Bertz CT molecular complexity index is 967. The molecule has 166 valence electrons. The molecule has 4 rings (SSSR count). The van der Waals surface area contributed by atoms with Gasteiger partial charge in [0, 0.05) is 22.4 Å². The second kappa shape index (κ2) is 9.07. The fraction of sp³-hybridized carbons (Fsp3) is 0.500. The summed E-state index contributed by atoms with van der Waals surface area (Å²) in [7, 11) is 1.32. The predicted molar refractivity (Wildman–Crippen MR) is 124 cm³/mol. The number of ether oxygens (including phenoxy) is 1. The third kappa shape index (κ3) is 4.25. The van der Waals surface area contributed by atoms with Crippen molar-refractivity contribution in [2.45, 2.75) is 58.0 Å². The van der Waals surface area contributed by atoms with E-state index in [1.807, 2.05) is 18.7 Å². The van der Waals surface area contributed by atoms with Crippen molar-refractivity contribution >= 4 is 27.9 Å². The lowest BCUT2D eigenvalue weighted by molar-refractivity contribution is -0.135. The molecule has 1 aromatic heterocycles. The first kappa shape index (κ1) is 21.9. The summed E-state index contributed by atoms with van der Waals surface area (Å²) in [6, 6.07) is 7.81. The van der Waals surface area contributed by atoms with E-state index in [-0.39, 0.29) is 17.9 Å². The monoisotopic (exact) mass is 487 g/mol. The maximum atomic E-state index is 13.5. The Morgan fingerprint density at radius 3 is 2.55 bits per heavy atom. The number of methoxy groups -OCH3 is 1. The van der Waals surface area contributed by atoms with E-state index in [9.17, 15) is 9.59 Å². The summed E-state index contributed by atoms with van der Waals surface area (Å²) in [5, 5.41) is 2.74.